The minimum Gasteiger partial charge on any atom is -0.367 e. The normalized spacial score (nSPS) is 20.4. The average Bonchev–Trinajstić information content (AvgIpc) is 2.84. The second-order valence-electron chi connectivity index (χ2n) is 4.87. The average molecular weight is 311 g/mol. The van der Waals surface area contributed by atoms with Crippen molar-refractivity contribution in [3.05, 3.63) is 34.2 Å². The fourth-order valence-electron chi connectivity index (χ4n) is 2.46. The zero-order valence-corrected chi connectivity index (χ0v) is 12.4. The van der Waals surface area contributed by atoms with Crippen molar-refractivity contribution in [1.82, 2.24) is 4.90 Å². The van der Waals surface area contributed by atoms with E-state index < -0.39 is 12.0 Å². The molecule has 20 heavy (non-hydrogen) atoms. The van der Waals surface area contributed by atoms with Crippen LogP contribution in [-0.2, 0) is 16.1 Å². The number of nitrogens with zero attached hydrogens (tertiary/aromatic N) is 1. The number of morpholine rings is 1. The van der Waals surface area contributed by atoms with Gasteiger partial charge in [-0.1, -0.05) is 23.7 Å². The Morgan fingerprint density at radius 1 is 1.55 bits per heavy atom. The zero-order valence-electron chi connectivity index (χ0n) is 10.8. The van der Waals surface area contributed by atoms with Crippen LogP contribution in [0.5, 0.6) is 0 Å². The molecule has 1 saturated heterocycles. The van der Waals surface area contributed by atoms with Crippen molar-refractivity contribution in [3.63, 3.8) is 0 Å². The zero-order chi connectivity index (χ0) is 14.1. The van der Waals surface area contributed by atoms with Crippen LogP contribution < -0.4 is 5.73 Å². The van der Waals surface area contributed by atoms with Gasteiger partial charge in [-0.25, -0.2) is 0 Å². The van der Waals surface area contributed by atoms with Crippen LogP contribution in [0, 0.1) is 0 Å². The van der Waals surface area contributed by atoms with Crippen LogP contribution in [0.3, 0.4) is 0 Å². The van der Waals surface area contributed by atoms with Crippen molar-refractivity contribution in [2.24, 2.45) is 5.73 Å². The Kier molecular flexibility index (Phi) is 3.94. The first kappa shape index (κ1) is 13.8. The number of hydrogen-bond acceptors (Lipinski definition) is 4. The van der Waals surface area contributed by atoms with Crippen LogP contribution in [0.25, 0.3) is 10.1 Å². The SMILES string of the molecule is NC(=O)[C@H]1CN(Cc2csc3c(Cl)cccc23)CCO1. The number of amides is 1. The number of ether oxygens (including phenoxy) is 1. The van der Waals surface area contributed by atoms with Crippen LogP contribution >= 0.6 is 22.9 Å². The van der Waals surface area contributed by atoms with E-state index >= 15 is 0 Å². The maximum absolute atomic E-state index is 11.2. The molecule has 1 aromatic heterocycles. The van der Waals surface area contributed by atoms with Crippen molar-refractivity contribution in [2.45, 2.75) is 12.6 Å². The Labute approximate surface area is 126 Å². The van der Waals surface area contributed by atoms with Gasteiger partial charge in [0.25, 0.3) is 0 Å². The highest BCUT2D eigenvalue weighted by Crippen LogP contribution is 2.32. The molecule has 106 valence electrons. The first-order valence-electron chi connectivity index (χ1n) is 6.43. The smallest absolute Gasteiger partial charge is 0.247 e. The van der Waals surface area contributed by atoms with E-state index in [9.17, 15) is 4.79 Å². The highest BCUT2D eigenvalue weighted by atomic mass is 35.5. The molecule has 1 aromatic carbocycles. The molecule has 0 saturated carbocycles. The second-order valence-corrected chi connectivity index (χ2v) is 6.16. The van der Waals surface area contributed by atoms with Gasteiger partial charge in [-0.05, 0) is 22.4 Å². The highest BCUT2D eigenvalue weighted by Gasteiger charge is 2.25. The molecule has 0 bridgehead atoms. The number of primary amides is 1. The molecule has 6 heteroatoms. The van der Waals surface area contributed by atoms with E-state index in [-0.39, 0.29) is 0 Å². The van der Waals surface area contributed by atoms with Crippen molar-refractivity contribution >= 4 is 38.9 Å². The molecule has 4 nitrogen and oxygen atoms in total. The molecule has 0 radical (unpaired) electrons. The molecule has 1 amide bonds. The highest BCUT2D eigenvalue weighted by molar-refractivity contribution is 7.18. The van der Waals surface area contributed by atoms with Gasteiger partial charge in [0, 0.05) is 19.6 Å². The lowest BCUT2D eigenvalue weighted by Gasteiger charge is -2.31. The number of hydrogen-bond donors (Lipinski definition) is 1. The summed E-state index contributed by atoms with van der Waals surface area (Å²) >= 11 is 7.85. The number of fused-ring (bicyclic) bond motifs is 1. The Balaban J connectivity index is 1.79. The van der Waals surface area contributed by atoms with Gasteiger partial charge in [-0.3, -0.25) is 9.69 Å². The molecule has 0 spiro atoms. The molecular weight excluding hydrogens is 296 g/mol. The van der Waals surface area contributed by atoms with E-state index in [1.165, 1.54) is 10.9 Å². The molecule has 0 unspecified atom stereocenters. The molecule has 1 aliphatic heterocycles. The molecule has 1 aliphatic rings. The summed E-state index contributed by atoms with van der Waals surface area (Å²) < 4.78 is 6.48. The van der Waals surface area contributed by atoms with Crippen LogP contribution in [0.1, 0.15) is 5.56 Å². The standard InChI is InChI=1S/C14H15ClN2O2S/c15-11-3-1-2-10-9(8-20-13(10)11)6-17-4-5-19-12(7-17)14(16)18/h1-3,8,12H,4-7H2,(H2,16,18)/t12-/m1/s1. The van der Waals surface area contributed by atoms with Crippen molar-refractivity contribution < 1.29 is 9.53 Å². The first-order valence-corrected chi connectivity index (χ1v) is 7.69. The number of carbonyl (C=O) groups is 1. The molecular formula is C14H15ClN2O2S. The quantitative estimate of drug-likeness (QED) is 0.946. The van der Waals surface area contributed by atoms with Gasteiger partial charge in [0.05, 0.1) is 16.3 Å². The third-order valence-corrected chi connectivity index (χ3v) is 5.00. The summed E-state index contributed by atoms with van der Waals surface area (Å²) in [7, 11) is 0. The molecule has 1 fully saturated rings. The Morgan fingerprint density at radius 3 is 3.20 bits per heavy atom. The minimum atomic E-state index is -0.503. The van der Waals surface area contributed by atoms with E-state index in [2.05, 4.69) is 16.3 Å². The van der Waals surface area contributed by atoms with Gasteiger partial charge in [0.1, 0.15) is 6.10 Å². The Bertz CT molecular complexity index is 643. The van der Waals surface area contributed by atoms with Gasteiger partial charge in [-0.2, -0.15) is 0 Å². The predicted molar refractivity (Wildman–Crippen MR) is 81.0 cm³/mol. The third kappa shape index (κ3) is 2.67. The Morgan fingerprint density at radius 2 is 2.40 bits per heavy atom. The van der Waals surface area contributed by atoms with E-state index in [0.717, 1.165) is 22.8 Å². The second kappa shape index (κ2) is 5.69. The number of rotatable bonds is 3. The lowest BCUT2D eigenvalue weighted by atomic mass is 10.1. The lowest BCUT2D eigenvalue weighted by Crippen LogP contribution is -2.47. The van der Waals surface area contributed by atoms with Crippen LogP contribution in [0.15, 0.2) is 23.6 Å². The third-order valence-electron chi connectivity index (χ3n) is 3.49. The molecule has 2 aromatic rings. The first-order chi connectivity index (χ1) is 9.65. The number of nitrogens with two attached hydrogens (primary N) is 1. The Hall–Kier alpha value is -1.14. The lowest BCUT2D eigenvalue weighted by molar-refractivity contribution is -0.135. The summed E-state index contributed by atoms with van der Waals surface area (Å²) in [5.74, 6) is -0.395. The topological polar surface area (TPSA) is 55.6 Å². The van der Waals surface area contributed by atoms with Gasteiger partial charge in [0.2, 0.25) is 5.91 Å². The maximum atomic E-state index is 11.2. The molecule has 2 N–H and O–H groups in total. The number of carbonyl (C=O) groups excluding carboxylic acids is 1. The fourth-order valence-corrected chi connectivity index (χ4v) is 3.73. The summed E-state index contributed by atoms with van der Waals surface area (Å²) in [6, 6.07) is 5.95. The number of halogens is 1. The van der Waals surface area contributed by atoms with Crippen molar-refractivity contribution in [2.75, 3.05) is 19.7 Å². The van der Waals surface area contributed by atoms with Crippen LogP contribution in [0.4, 0.5) is 0 Å². The molecule has 0 aliphatic carbocycles. The van der Waals surface area contributed by atoms with E-state index in [1.807, 2.05) is 12.1 Å². The summed E-state index contributed by atoms with van der Waals surface area (Å²) in [5, 5.41) is 4.10. The van der Waals surface area contributed by atoms with E-state index in [1.54, 1.807) is 11.3 Å². The van der Waals surface area contributed by atoms with Gasteiger partial charge in [0.15, 0.2) is 0 Å². The predicted octanol–water partition coefficient (Wildman–Crippen LogP) is 2.24. The summed E-state index contributed by atoms with van der Waals surface area (Å²) in [6.45, 7) is 2.68. The minimum absolute atomic E-state index is 0.395. The summed E-state index contributed by atoms with van der Waals surface area (Å²) in [6.07, 6.45) is -0.503. The maximum Gasteiger partial charge on any atom is 0.247 e. The largest absolute Gasteiger partial charge is 0.367 e. The molecule has 3 rings (SSSR count). The van der Waals surface area contributed by atoms with Crippen molar-refractivity contribution in [3.8, 4) is 0 Å². The van der Waals surface area contributed by atoms with E-state index in [4.69, 9.17) is 22.1 Å². The van der Waals surface area contributed by atoms with Crippen molar-refractivity contribution in [1.29, 1.82) is 0 Å². The fraction of sp³-hybridized carbons (Fsp3) is 0.357. The van der Waals surface area contributed by atoms with Gasteiger partial charge >= 0.3 is 0 Å². The molecule has 2 heterocycles. The monoisotopic (exact) mass is 310 g/mol. The van der Waals surface area contributed by atoms with Gasteiger partial charge < -0.3 is 10.5 Å². The van der Waals surface area contributed by atoms with E-state index in [0.29, 0.717) is 13.2 Å². The van der Waals surface area contributed by atoms with Crippen LogP contribution in [-0.4, -0.2) is 36.6 Å². The number of benzene rings is 1. The number of thiophene rings is 1. The summed E-state index contributed by atoms with van der Waals surface area (Å²) in [4.78, 5) is 13.4. The van der Waals surface area contributed by atoms with Gasteiger partial charge in [-0.15, -0.1) is 11.3 Å². The molecule has 1 atom stereocenters. The van der Waals surface area contributed by atoms with Crippen LogP contribution in [0.2, 0.25) is 5.02 Å². The summed E-state index contributed by atoms with van der Waals surface area (Å²) in [5.41, 5.74) is 6.54.